The van der Waals surface area contributed by atoms with Crippen molar-refractivity contribution in [1.82, 2.24) is 0 Å². The molecular weight excluding hydrogens is 265 g/mol. The minimum Gasteiger partial charge on any atom is -0.365 e. The number of hydrogen-bond acceptors (Lipinski definition) is 3. The van der Waals surface area contributed by atoms with Crippen LogP contribution in [0.3, 0.4) is 0 Å². The van der Waals surface area contributed by atoms with Crippen LogP contribution in [0.5, 0.6) is 0 Å². The molecule has 106 valence electrons. The van der Waals surface area contributed by atoms with Crippen LogP contribution in [0.25, 0.3) is 0 Å². The van der Waals surface area contributed by atoms with E-state index in [-0.39, 0.29) is 11.6 Å². The van der Waals surface area contributed by atoms with E-state index in [9.17, 15) is 4.39 Å². The lowest BCUT2D eigenvalue weighted by molar-refractivity contribution is 0.572. The van der Waals surface area contributed by atoms with Crippen LogP contribution in [0, 0.1) is 17.1 Å². The van der Waals surface area contributed by atoms with E-state index in [2.05, 4.69) is 11.0 Å². The van der Waals surface area contributed by atoms with E-state index in [0.717, 1.165) is 12.1 Å². The molecule has 0 aromatic heterocycles. The lowest BCUT2D eigenvalue weighted by Crippen LogP contribution is -2.43. The van der Waals surface area contributed by atoms with Gasteiger partial charge in [0.05, 0.1) is 5.56 Å². The number of nitrogens with two attached hydrogens (primary N) is 1. The van der Waals surface area contributed by atoms with E-state index >= 15 is 0 Å². The quantitative estimate of drug-likeness (QED) is 0.920. The van der Waals surface area contributed by atoms with Crippen LogP contribution in [0.2, 0.25) is 0 Å². The van der Waals surface area contributed by atoms with Crippen molar-refractivity contribution in [1.29, 1.82) is 5.26 Å². The lowest BCUT2D eigenvalue weighted by Gasteiger charge is -2.34. The molecule has 0 bridgehead atoms. The van der Waals surface area contributed by atoms with Crippen LogP contribution in [-0.2, 0) is 13.0 Å². The van der Waals surface area contributed by atoms with Crippen LogP contribution >= 0.6 is 0 Å². The number of rotatable bonds is 2. The zero-order valence-electron chi connectivity index (χ0n) is 11.6. The molecule has 3 rings (SSSR count). The van der Waals surface area contributed by atoms with Gasteiger partial charge in [-0.1, -0.05) is 30.3 Å². The number of nitrogens with zero attached hydrogens (tertiary/aromatic N) is 2. The molecule has 0 aliphatic carbocycles. The van der Waals surface area contributed by atoms with E-state index in [0.29, 0.717) is 18.7 Å². The van der Waals surface area contributed by atoms with Gasteiger partial charge in [0.15, 0.2) is 0 Å². The fourth-order valence-electron chi connectivity index (χ4n) is 2.86. The maximum atomic E-state index is 14.2. The first-order valence-electron chi connectivity index (χ1n) is 6.95. The van der Waals surface area contributed by atoms with Gasteiger partial charge < -0.3 is 10.6 Å². The summed E-state index contributed by atoms with van der Waals surface area (Å²) < 4.78 is 14.2. The second kappa shape index (κ2) is 5.55. The van der Waals surface area contributed by atoms with Crippen molar-refractivity contribution in [3.8, 4) is 6.07 Å². The molecule has 0 radical (unpaired) electrons. The highest BCUT2D eigenvalue weighted by atomic mass is 19.1. The predicted molar refractivity (Wildman–Crippen MR) is 80.3 cm³/mol. The van der Waals surface area contributed by atoms with Gasteiger partial charge in [0, 0.05) is 30.4 Å². The summed E-state index contributed by atoms with van der Waals surface area (Å²) in [6.45, 7) is 1.11. The number of hydrogen-bond donors (Lipinski definition) is 1. The molecule has 2 N–H and O–H groups in total. The summed E-state index contributed by atoms with van der Waals surface area (Å²) in [4.78, 5) is 2.09. The van der Waals surface area contributed by atoms with Crippen molar-refractivity contribution in [3.63, 3.8) is 0 Å². The maximum Gasteiger partial charge on any atom is 0.145 e. The highest BCUT2D eigenvalue weighted by Crippen LogP contribution is 2.28. The van der Waals surface area contributed by atoms with Crippen molar-refractivity contribution in [3.05, 3.63) is 65.0 Å². The average Bonchev–Trinajstić information content (AvgIpc) is 2.49. The summed E-state index contributed by atoms with van der Waals surface area (Å²) in [5, 5.41) is 8.92. The highest BCUT2D eigenvalue weighted by Gasteiger charge is 2.22. The van der Waals surface area contributed by atoms with Gasteiger partial charge in [-0.25, -0.2) is 4.39 Å². The van der Waals surface area contributed by atoms with E-state index in [1.54, 1.807) is 12.1 Å². The van der Waals surface area contributed by atoms with Crippen LogP contribution in [0.1, 0.15) is 16.7 Å². The van der Waals surface area contributed by atoms with Gasteiger partial charge in [-0.2, -0.15) is 5.26 Å². The Morgan fingerprint density at radius 2 is 2.05 bits per heavy atom. The summed E-state index contributed by atoms with van der Waals surface area (Å²) in [6.07, 6.45) is 0.841. The van der Waals surface area contributed by atoms with Crippen molar-refractivity contribution in [2.75, 3.05) is 11.4 Å². The summed E-state index contributed by atoms with van der Waals surface area (Å²) in [5.74, 6) is -0.434. The number of benzene rings is 2. The molecule has 1 heterocycles. The number of halogens is 1. The minimum atomic E-state index is -0.434. The molecule has 2 aromatic carbocycles. The Morgan fingerprint density at radius 3 is 2.86 bits per heavy atom. The third kappa shape index (κ3) is 2.61. The van der Waals surface area contributed by atoms with Crippen LogP contribution in [0.4, 0.5) is 10.1 Å². The first kappa shape index (κ1) is 13.6. The molecule has 4 heteroatoms. The fourth-order valence-corrected chi connectivity index (χ4v) is 2.86. The Labute approximate surface area is 123 Å². The van der Waals surface area contributed by atoms with Crippen molar-refractivity contribution in [2.24, 2.45) is 5.73 Å². The molecule has 3 nitrogen and oxygen atoms in total. The minimum absolute atomic E-state index is 0.0436. The zero-order chi connectivity index (χ0) is 14.8. The van der Waals surface area contributed by atoms with E-state index in [4.69, 9.17) is 11.0 Å². The van der Waals surface area contributed by atoms with Gasteiger partial charge in [0.1, 0.15) is 11.9 Å². The van der Waals surface area contributed by atoms with Gasteiger partial charge in [0.2, 0.25) is 0 Å². The Morgan fingerprint density at radius 1 is 1.24 bits per heavy atom. The molecule has 0 saturated carbocycles. The first-order chi connectivity index (χ1) is 10.2. The van der Waals surface area contributed by atoms with E-state index in [1.807, 2.05) is 24.3 Å². The van der Waals surface area contributed by atoms with Crippen LogP contribution in [0.15, 0.2) is 42.5 Å². The van der Waals surface area contributed by atoms with Crippen molar-refractivity contribution < 1.29 is 4.39 Å². The molecular formula is C17H16FN3. The Kier molecular flexibility index (Phi) is 3.59. The van der Waals surface area contributed by atoms with E-state index < -0.39 is 5.82 Å². The number of anilines is 1. The zero-order valence-corrected chi connectivity index (χ0v) is 11.6. The average molecular weight is 281 g/mol. The summed E-state index contributed by atoms with van der Waals surface area (Å²) in [7, 11) is 0. The van der Waals surface area contributed by atoms with Gasteiger partial charge in [-0.3, -0.25) is 0 Å². The third-order valence-electron chi connectivity index (χ3n) is 3.83. The van der Waals surface area contributed by atoms with Crippen LogP contribution in [-0.4, -0.2) is 12.6 Å². The summed E-state index contributed by atoms with van der Waals surface area (Å²) in [5.41, 5.74) is 9.00. The standard InChI is InChI=1S/C17H16FN3/c18-17-13(9-19)5-3-6-14(17)10-21-11-15(20)8-12-4-1-2-7-16(12)21/h1-7,15H,8,10-11,20H2. The highest BCUT2D eigenvalue weighted by molar-refractivity contribution is 5.56. The largest absolute Gasteiger partial charge is 0.365 e. The first-order valence-corrected chi connectivity index (χ1v) is 6.95. The van der Waals surface area contributed by atoms with Gasteiger partial charge in [-0.15, -0.1) is 0 Å². The molecule has 1 aliphatic rings. The second-order valence-corrected chi connectivity index (χ2v) is 5.36. The Hall–Kier alpha value is -2.38. The van der Waals surface area contributed by atoms with Crippen molar-refractivity contribution >= 4 is 5.69 Å². The summed E-state index contributed by atoms with van der Waals surface area (Å²) >= 11 is 0. The molecule has 0 saturated heterocycles. The monoisotopic (exact) mass is 281 g/mol. The third-order valence-corrected chi connectivity index (χ3v) is 3.83. The molecule has 1 unspecified atom stereocenters. The Balaban J connectivity index is 1.94. The second-order valence-electron chi connectivity index (χ2n) is 5.36. The smallest absolute Gasteiger partial charge is 0.145 e. The molecule has 21 heavy (non-hydrogen) atoms. The van der Waals surface area contributed by atoms with Crippen molar-refractivity contribution in [2.45, 2.75) is 19.0 Å². The lowest BCUT2D eigenvalue weighted by atomic mass is 9.97. The molecule has 0 fully saturated rings. The molecule has 0 amide bonds. The Bertz CT molecular complexity index is 705. The summed E-state index contributed by atoms with van der Waals surface area (Å²) in [6, 6.07) is 14.9. The number of nitriles is 1. The fraction of sp³-hybridized carbons (Fsp3) is 0.235. The SMILES string of the molecule is N#Cc1cccc(CN2CC(N)Cc3ccccc32)c1F. The van der Waals surface area contributed by atoms with Crippen LogP contribution < -0.4 is 10.6 Å². The topological polar surface area (TPSA) is 53.0 Å². The predicted octanol–water partition coefficient (Wildman–Crippen LogP) is 2.59. The number of para-hydroxylation sites is 1. The van der Waals surface area contributed by atoms with Gasteiger partial charge in [-0.05, 0) is 24.1 Å². The molecule has 2 aromatic rings. The maximum absolute atomic E-state index is 14.2. The molecule has 1 atom stereocenters. The molecule has 0 spiro atoms. The van der Waals surface area contributed by atoms with Gasteiger partial charge >= 0.3 is 0 Å². The normalized spacial score (nSPS) is 17.2. The van der Waals surface area contributed by atoms with E-state index in [1.165, 1.54) is 11.6 Å². The molecule has 1 aliphatic heterocycles. The number of fused-ring (bicyclic) bond motifs is 1. The van der Waals surface area contributed by atoms with Gasteiger partial charge in [0.25, 0.3) is 0 Å².